The van der Waals surface area contributed by atoms with Crippen molar-refractivity contribution in [3.63, 3.8) is 0 Å². The van der Waals surface area contributed by atoms with Crippen LogP contribution in [0, 0.1) is 11.8 Å². The Kier molecular flexibility index (Phi) is 4.13. The largest absolute Gasteiger partial charge is 0.369 e. The molecule has 28 heavy (non-hydrogen) atoms. The van der Waals surface area contributed by atoms with E-state index in [1.54, 1.807) is 35.8 Å². The highest BCUT2D eigenvalue weighted by atomic mass is 16.3. The number of aromatic nitrogens is 2. The first-order valence-electron chi connectivity index (χ1n) is 8.77. The zero-order valence-corrected chi connectivity index (χ0v) is 15.2. The zero-order chi connectivity index (χ0) is 19.9. The van der Waals surface area contributed by atoms with Crippen molar-refractivity contribution >= 4 is 17.3 Å². The summed E-state index contributed by atoms with van der Waals surface area (Å²) in [6.07, 6.45) is 2.01. The Morgan fingerprint density at radius 3 is 2.82 bits per heavy atom. The molecule has 0 spiro atoms. The maximum absolute atomic E-state index is 12.1. The van der Waals surface area contributed by atoms with Gasteiger partial charge in [-0.1, -0.05) is 30.0 Å². The predicted octanol–water partition coefficient (Wildman–Crippen LogP) is 1.04. The molecule has 1 fully saturated rings. The number of benzene rings is 1. The molecule has 1 aromatic carbocycles. The number of likely N-dealkylation sites (N-methyl/N-ethyl adjacent to an activating group) is 1. The van der Waals surface area contributed by atoms with E-state index in [1.165, 1.54) is 4.90 Å². The lowest BCUT2D eigenvalue weighted by atomic mass is 10.0. The molecular weight excluding hydrogens is 356 g/mol. The fourth-order valence-corrected chi connectivity index (χ4v) is 3.31. The first-order valence-corrected chi connectivity index (χ1v) is 8.77. The van der Waals surface area contributed by atoms with Gasteiger partial charge < -0.3 is 15.7 Å². The number of likely N-dealkylation sites (tertiary alicyclic amines) is 1. The lowest BCUT2D eigenvalue weighted by Gasteiger charge is -2.13. The van der Waals surface area contributed by atoms with Gasteiger partial charge in [-0.05, 0) is 24.3 Å². The summed E-state index contributed by atoms with van der Waals surface area (Å²) in [5, 5.41) is 10.5. The highest BCUT2D eigenvalue weighted by Gasteiger charge is 2.42. The van der Waals surface area contributed by atoms with Crippen LogP contribution in [0.4, 0.5) is 0 Å². The summed E-state index contributed by atoms with van der Waals surface area (Å²) in [4.78, 5) is 29.7. The quantitative estimate of drug-likeness (QED) is 0.655. The number of pyridine rings is 1. The van der Waals surface area contributed by atoms with Crippen LogP contribution in [0.2, 0.25) is 0 Å². The van der Waals surface area contributed by atoms with Gasteiger partial charge in [-0.25, -0.2) is 4.98 Å². The second-order valence-electron chi connectivity index (χ2n) is 6.77. The van der Waals surface area contributed by atoms with E-state index in [9.17, 15) is 14.7 Å². The highest BCUT2D eigenvalue weighted by Crippen LogP contribution is 2.26. The lowest BCUT2D eigenvalue weighted by molar-refractivity contribution is -0.137. The van der Waals surface area contributed by atoms with Crippen molar-refractivity contribution in [2.45, 2.75) is 12.0 Å². The minimum absolute atomic E-state index is 0.149. The Balaban J connectivity index is 1.76. The second-order valence-corrected chi connectivity index (χ2v) is 6.77. The van der Waals surface area contributed by atoms with E-state index < -0.39 is 11.5 Å². The molecule has 1 atom stereocenters. The van der Waals surface area contributed by atoms with Crippen molar-refractivity contribution in [2.24, 2.45) is 5.73 Å². The number of hydrogen-bond donors (Lipinski definition) is 2. The fraction of sp³-hybridized carbons (Fsp3) is 0.190. The molecule has 2 amide bonds. The van der Waals surface area contributed by atoms with Crippen LogP contribution in [0.3, 0.4) is 0 Å². The molecule has 3 heterocycles. The maximum Gasteiger partial charge on any atom is 0.285 e. The number of nitrogens with two attached hydrogens (primary N) is 1. The Hall–Kier alpha value is -3.63. The number of hydrogen-bond acceptors (Lipinski definition) is 4. The van der Waals surface area contributed by atoms with Crippen LogP contribution in [0.1, 0.15) is 22.6 Å². The smallest absolute Gasteiger partial charge is 0.285 e. The average Bonchev–Trinajstić information content (AvgIpc) is 3.21. The van der Waals surface area contributed by atoms with Crippen LogP contribution in [0.25, 0.3) is 16.8 Å². The van der Waals surface area contributed by atoms with Crippen molar-refractivity contribution in [1.29, 1.82) is 0 Å². The number of carbonyl (C=O) groups is 2. The van der Waals surface area contributed by atoms with Crippen LogP contribution in [-0.4, -0.2) is 50.4 Å². The van der Waals surface area contributed by atoms with Gasteiger partial charge in [0.15, 0.2) is 0 Å². The SMILES string of the molecule is CN1CC[C@@](O)(C#Cc2cccc(-c3nc(C(N)=O)n4ccccc34)c2)C1=O. The van der Waals surface area contributed by atoms with Crippen LogP contribution >= 0.6 is 0 Å². The minimum atomic E-state index is -1.65. The molecule has 0 saturated carbocycles. The molecule has 7 heteroatoms. The van der Waals surface area contributed by atoms with Crippen LogP contribution in [0.15, 0.2) is 48.7 Å². The number of nitrogens with zero attached hydrogens (tertiary/aromatic N) is 3. The van der Waals surface area contributed by atoms with Crippen molar-refractivity contribution < 1.29 is 14.7 Å². The lowest BCUT2D eigenvalue weighted by Crippen LogP contribution is -2.37. The van der Waals surface area contributed by atoms with Gasteiger partial charge in [0, 0.05) is 37.3 Å². The Labute approximate surface area is 161 Å². The molecule has 2 aromatic heterocycles. The Bertz CT molecular complexity index is 1170. The summed E-state index contributed by atoms with van der Waals surface area (Å²) in [5.74, 6) is 4.75. The fourth-order valence-electron chi connectivity index (χ4n) is 3.31. The van der Waals surface area contributed by atoms with Crippen LogP contribution in [0.5, 0.6) is 0 Å². The number of carbonyl (C=O) groups excluding carboxylic acids is 2. The molecule has 1 aliphatic rings. The summed E-state index contributed by atoms with van der Waals surface area (Å²) in [7, 11) is 1.64. The molecular formula is C21H18N4O3. The maximum atomic E-state index is 12.1. The van der Waals surface area contributed by atoms with E-state index in [0.717, 1.165) is 11.1 Å². The molecule has 140 valence electrons. The van der Waals surface area contributed by atoms with E-state index in [4.69, 9.17) is 5.73 Å². The summed E-state index contributed by atoms with van der Waals surface area (Å²) in [6.45, 7) is 0.473. The monoisotopic (exact) mass is 374 g/mol. The molecule has 0 unspecified atom stereocenters. The molecule has 1 saturated heterocycles. The first-order chi connectivity index (χ1) is 13.4. The van der Waals surface area contributed by atoms with Gasteiger partial charge in [0.25, 0.3) is 11.8 Å². The van der Waals surface area contributed by atoms with E-state index in [1.807, 2.05) is 24.3 Å². The first kappa shape index (κ1) is 17.8. The molecule has 3 aromatic rings. The normalized spacial score (nSPS) is 18.9. The third kappa shape index (κ3) is 2.90. The average molecular weight is 374 g/mol. The zero-order valence-electron chi connectivity index (χ0n) is 15.2. The van der Waals surface area contributed by atoms with E-state index in [2.05, 4.69) is 16.8 Å². The minimum Gasteiger partial charge on any atom is -0.369 e. The predicted molar refractivity (Wildman–Crippen MR) is 103 cm³/mol. The van der Waals surface area contributed by atoms with Crippen LogP contribution < -0.4 is 5.73 Å². The Morgan fingerprint density at radius 2 is 2.11 bits per heavy atom. The molecule has 0 bridgehead atoms. The summed E-state index contributed by atoms with van der Waals surface area (Å²) in [5.41, 5.74) is 6.53. The van der Waals surface area contributed by atoms with Gasteiger partial charge in [0.2, 0.25) is 11.4 Å². The van der Waals surface area contributed by atoms with E-state index >= 15 is 0 Å². The van der Waals surface area contributed by atoms with Gasteiger partial charge in [-0.2, -0.15) is 0 Å². The van der Waals surface area contributed by atoms with Gasteiger partial charge in [-0.3, -0.25) is 14.0 Å². The standard InChI is InChI=1S/C21H18N4O3/c1-24-12-10-21(28,20(24)27)9-8-14-5-4-6-15(13-14)17-16-7-2-3-11-25(16)19(23-17)18(22)26/h2-7,11,13,28H,10,12H2,1H3,(H2,22,26)/t21-/m0/s1. The molecule has 0 radical (unpaired) electrons. The second kappa shape index (κ2) is 6.51. The summed E-state index contributed by atoms with van der Waals surface area (Å²) in [6, 6.07) is 12.8. The van der Waals surface area contributed by atoms with E-state index in [-0.39, 0.29) is 18.2 Å². The van der Waals surface area contributed by atoms with Crippen molar-refractivity contribution in [3.05, 3.63) is 60.0 Å². The molecule has 1 aliphatic heterocycles. The summed E-state index contributed by atoms with van der Waals surface area (Å²) < 4.78 is 1.64. The van der Waals surface area contributed by atoms with Crippen LogP contribution in [-0.2, 0) is 4.79 Å². The number of aliphatic hydroxyl groups is 1. The summed E-state index contributed by atoms with van der Waals surface area (Å²) >= 11 is 0. The van der Waals surface area contributed by atoms with Gasteiger partial charge in [0.05, 0.1) is 11.2 Å². The third-order valence-electron chi connectivity index (χ3n) is 4.83. The van der Waals surface area contributed by atoms with Crippen molar-refractivity contribution in [3.8, 4) is 23.1 Å². The topological polar surface area (TPSA) is 101 Å². The van der Waals surface area contributed by atoms with Gasteiger partial charge in [-0.15, -0.1) is 0 Å². The number of rotatable bonds is 2. The molecule has 0 aliphatic carbocycles. The van der Waals surface area contributed by atoms with Gasteiger partial charge in [0.1, 0.15) is 0 Å². The molecule has 4 rings (SSSR count). The highest BCUT2D eigenvalue weighted by molar-refractivity contribution is 5.93. The number of fused-ring (bicyclic) bond motifs is 1. The molecule has 3 N–H and O–H groups in total. The number of amides is 2. The van der Waals surface area contributed by atoms with Crippen molar-refractivity contribution in [2.75, 3.05) is 13.6 Å². The Morgan fingerprint density at radius 1 is 1.29 bits per heavy atom. The number of primary amides is 1. The third-order valence-corrected chi connectivity index (χ3v) is 4.83. The van der Waals surface area contributed by atoms with Crippen molar-refractivity contribution in [1.82, 2.24) is 14.3 Å². The van der Waals surface area contributed by atoms with Gasteiger partial charge >= 0.3 is 0 Å². The van der Waals surface area contributed by atoms with E-state index in [0.29, 0.717) is 17.8 Å². The molecule has 7 nitrogen and oxygen atoms in total. The number of imidazole rings is 1.